The van der Waals surface area contributed by atoms with Gasteiger partial charge in [0.05, 0.1) is 24.2 Å². The largest absolute Gasteiger partial charge is 0.496 e. The molecule has 0 fully saturated rings. The molecule has 172 valence electrons. The van der Waals surface area contributed by atoms with Crippen LogP contribution in [0, 0.1) is 6.92 Å². The van der Waals surface area contributed by atoms with Gasteiger partial charge in [-0.3, -0.25) is 4.79 Å². The molecule has 1 amide bonds. The van der Waals surface area contributed by atoms with Crippen LogP contribution in [0.3, 0.4) is 0 Å². The smallest absolute Gasteiger partial charge is 0.336 e. The van der Waals surface area contributed by atoms with Crippen molar-refractivity contribution in [3.8, 4) is 5.75 Å². The fourth-order valence-electron chi connectivity index (χ4n) is 3.94. The SMILES string of the molecule is COc1cc2oc(=O)cc(C)c2cc1CCC(=O)N[C@@H](CCSC)c1nc2ccccc2[nH]1. The number of carbonyl (C=O) groups is 1. The maximum Gasteiger partial charge on any atom is 0.336 e. The lowest BCUT2D eigenvalue weighted by Gasteiger charge is -2.17. The summed E-state index contributed by atoms with van der Waals surface area (Å²) in [7, 11) is 1.57. The van der Waals surface area contributed by atoms with Gasteiger partial charge in [-0.1, -0.05) is 12.1 Å². The molecule has 4 rings (SSSR count). The molecule has 4 aromatic rings. The van der Waals surface area contributed by atoms with Crippen molar-refractivity contribution in [2.24, 2.45) is 0 Å². The number of fused-ring (bicyclic) bond motifs is 2. The summed E-state index contributed by atoms with van der Waals surface area (Å²) in [5, 5.41) is 3.98. The number of H-pyrrole nitrogens is 1. The molecule has 0 aliphatic rings. The van der Waals surface area contributed by atoms with E-state index >= 15 is 0 Å². The van der Waals surface area contributed by atoms with Gasteiger partial charge in [0, 0.05) is 23.9 Å². The highest BCUT2D eigenvalue weighted by molar-refractivity contribution is 7.98. The van der Waals surface area contributed by atoms with E-state index in [9.17, 15) is 9.59 Å². The summed E-state index contributed by atoms with van der Waals surface area (Å²) in [6.45, 7) is 1.87. The summed E-state index contributed by atoms with van der Waals surface area (Å²) in [5.74, 6) is 2.22. The van der Waals surface area contributed by atoms with E-state index < -0.39 is 5.63 Å². The highest BCUT2D eigenvalue weighted by atomic mass is 32.2. The van der Waals surface area contributed by atoms with Crippen molar-refractivity contribution in [2.45, 2.75) is 32.2 Å². The number of imidazole rings is 1. The second kappa shape index (κ2) is 10.1. The number of ether oxygens (including phenoxy) is 1. The van der Waals surface area contributed by atoms with Crippen molar-refractivity contribution in [2.75, 3.05) is 19.1 Å². The number of carbonyl (C=O) groups excluding carboxylic acids is 1. The van der Waals surface area contributed by atoms with Crippen LogP contribution in [0.15, 0.2) is 51.7 Å². The molecule has 2 aromatic heterocycles. The van der Waals surface area contributed by atoms with Crippen LogP contribution >= 0.6 is 11.8 Å². The molecule has 0 saturated heterocycles. The minimum atomic E-state index is -0.393. The van der Waals surface area contributed by atoms with E-state index in [1.54, 1.807) is 24.9 Å². The van der Waals surface area contributed by atoms with E-state index in [4.69, 9.17) is 9.15 Å². The average Bonchev–Trinajstić information content (AvgIpc) is 3.24. The van der Waals surface area contributed by atoms with E-state index in [0.29, 0.717) is 24.2 Å². The molecular formula is C25H27N3O4S. The molecular weight excluding hydrogens is 438 g/mol. The van der Waals surface area contributed by atoms with E-state index in [0.717, 1.165) is 45.5 Å². The Hall–Kier alpha value is -3.26. The van der Waals surface area contributed by atoms with Gasteiger partial charge >= 0.3 is 5.63 Å². The number of aromatic amines is 1. The van der Waals surface area contributed by atoms with Gasteiger partial charge in [0.1, 0.15) is 17.2 Å². The monoisotopic (exact) mass is 465 g/mol. The predicted octanol–water partition coefficient (Wildman–Crippen LogP) is 4.53. The number of aromatic nitrogens is 2. The summed E-state index contributed by atoms with van der Waals surface area (Å²) in [5.41, 5.74) is 3.65. The number of para-hydroxylation sites is 2. The van der Waals surface area contributed by atoms with Crippen LogP contribution in [0.25, 0.3) is 22.0 Å². The molecule has 0 unspecified atom stereocenters. The zero-order chi connectivity index (χ0) is 23.4. The Labute approximate surface area is 195 Å². The van der Waals surface area contributed by atoms with E-state index in [1.165, 1.54) is 6.07 Å². The first-order chi connectivity index (χ1) is 16.0. The van der Waals surface area contributed by atoms with Crippen molar-refractivity contribution in [3.63, 3.8) is 0 Å². The number of thioether (sulfide) groups is 1. The standard InChI is InChI=1S/C25H27N3O4S/c1-15-12-24(30)32-22-14-21(31-2)16(13-17(15)22)8-9-23(29)26-20(10-11-33-3)25-27-18-6-4-5-7-19(18)28-25/h4-7,12-14,20H,8-11H2,1-3H3,(H,26,29)(H,27,28)/t20-/m0/s1. The number of aryl methyl sites for hydroxylation is 2. The van der Waals surface area contributed by atoms with Crippen molar-refractivity contribution in [1.82, 2.24) is 15.3 Å². The minimum Gasteiger partial charge on any atom is -0.496 e. The first kappa shape index (κ1) is 22.9. The molecule has 8 heteroatoms. The third kappa shape index (κ3) is 5.22. The van der Waals surface area contributed by atoms with Crippen LogP contribution in [0.2, 0.25) is 0 Å². The lowest BCUT2D eigenvalue weighted by atomic mass is 10.0. The molecule has 1 atom stereocenters. The van der Waals surface area contributed by atoms with Gasteiger partial charge in [-0.2, -0.15) is 11.8 Å². The van der Waals surface area contributed by atoms with Gasteiger partial charge in [0.15, 0.2) is 0 Å². The Kier molecular flexibility index (Phi) is 7.03. The quantitative estimate of drug-likeness (QED) is 0.353. The Bertz CT molecular complexity index is 1310. The second-order valence-corrected chi connectivity index (χ2v) is 8.94. The number of hydrogen-bond acceptors (Lipinski definition) is 6. The minimum absolute atomic E-state index is 0.0555. The van der Waals surface area contributed by atoms with Gasteiger partial charge in [-0.15, -0.1) is 0 Å². The van der Waals surface area contributed by atoms with Gasteiger partial charge in [0.2, 0.25) is 5.91 Å². The third-order valence-corrected chi connectivity index (χ3v) is 6.30. The molecule has 0 aliphatic carbocycles. The molecule has 0 aliphatic heterocycles. The number of methoxy groups -OCH3 is 1. The Balaban J connectivity index is 1.51. The number of amides is 1. The zero-order valence-electron chi connectivity index (χ0n) is 18.9. The van der Waals surface area contributed by atoms with Crippen molar-refractivity contribution < 1.29 is 13.9 Å². The number of nitrogens with zero attached hydrogens (tertiary/aromatic N) is 1. The zero-order valence-corrected chi connectivity index (χ0v) is 19.8. The summed E-state index contributed by atoms with van der Waals surface area (Å²) < 4.78 is 10.8. The van der Waals surface area contributed by atoms with Gasteiger partial charge in [-0.05, 0) is 61.1 Å². The summed E-state index contributed by atoms with van der Waals surface area (Å²) in [6.07, 6.45) is 3.63. The number of rotatable bonds is 9. The van der Waals surface area contributed by atoms with Crippen molar-refractivity contribution in [1.29, 1.82) is 0 Å². The number of hydrogen-bond donors (Lipinski definition) is 2. The van der Waals surface area contributed by atoms with Gasteiger partial charge in [-0.25, -0.2) is 9.78 Å². The first-order valence-electron chi connectivity index (χ1n) is 10.8. The second-order valence-electron chi connectivity index (χ2n) is 7.95. The molecule has 2 N–H and O–H groups in total. The Morgan fingerprint density at radius 2 is 2.09 bits per heavy atom. The van der Waals surface area contributed by atoms with E-state index in [2.05, 4.69) is 15.3 Å². The fraction of sp³-hybridized carbons (Fsp3) is 0.320. The summed E-state index contributed by atoms with van der Waals surface area (Å²) in [4.78, 5) is 32.6. The maximum atomic E-state index is 12.9. The van der Waals surface area contributed by atoms with E-state index in [-0.39, 0.29) is 11.9 Å². The molecule has 7 nitrogen and oxygen atoms in total. The first-order valence-corrected chi connectivity index (χ1v) is 12.2. The van der Waals surface area contributed by atoms with Crippen LogP contribution in [0.4, 0.5) is 0 Å². The lowest BCUT2D eigenvalue weighted by molar-refractivity contribution is -0.121. The van der Waals surface area contributed by atoms with Crippen LogP contribution in [0.5, 0.6) is 5.75 Å². The predicted molar refractivity (Wildman–Crippen MR) is 132 cm³/mol. The maximum absolute atomic E-state index is 12.9. The van der Waals surface area contributed by atoms with Crippen molar-refractivity contribution in [3.05, 3.63) is 69.8 Å². The molecule has 0 bridgehead atoms. The highest BCUT2D eigenvalue weighted by Gasteiger charge is 2.19. The molecule has 2 heterocycles. The van der Waals surface area contributed by atoms with Crippen LogP contribution < -0.4 is 15.7 Å². The molecule has 0 spiro atoms. The third-order valence-electron chi connectivity index (χ3n) is 5.66. The average molecular weight is 466 g/mol. The number of nitrogens with one attached hydrogen (secondary N) is 2. The molecule has 33 heavy (non-hydrogen) atoms. The van der Waals surface area contributed by atoms with Crippen molar-refractivity contribution >= 4 is 39.7 Å². The highest BCUT2D eigenvalue weighted by Crippen LogP contribution is 2.28. The van der Waals surface area contributed by atoms with Crippen LogP contribution in [-0.2, 0) is 11.2 Å². The molecule has 2 aromatic carbocycles. The van der Waals surface area contributed by atoms with E-state index in [1.807, 2.05) is 43.5 Å². The molecule has 0 saturated carbocycles. The fourth-order valence-corrected chi connectivity index (χ4v) is 4.41. The topological polar surface area (TPSA) is 97.2 Å². The van der Waals surface area contributed by atoms with Gasteiger partial charge < -0.3 is 19.5 Å². The Morgan fingerprint density at radius 1 is 1.27 bits per heavy atom. The van der Waals surface area contributed by atoms with Crippen LogP contribution in [-0.4, -0.2) is 35.0 Å². The summed E-state index contributed by atoms with van der Waals surface area (Å²) >= 11 is 1.74. The van der Waals surface area contributed by atoms with Crippen LogP contribution in [0.1, 0.15) is 35.8 Å². The van der Waals surface area contributed by atoms with Gasteiger partial charge in [0.25, 0.3) is 0 Å². The molecule has 0 radical (unpaired) electrons. The summed E-state index contributed by atoms with van der Waals surface area (Å²) in [6, 6.07) is 12.8. The number of benzene rings is 2. The lowest BCUT2D eigenvalue weighted by Crippen LogP contribution is -2.30. The normalized spacial score (nSPS) is 12.2. The Morgan fingerprint density at radius 3 is 2.85 bits per heavy atom.